The lowest BCUT2D eigenvalue weighted by atomic mass is 10.0. The number of benzene rings is 2. The maximum atomic E-state index is 12.7. The van der Waals surface area contributed by atoms with Gasteiger partial charge in [0.1, 0.15) is 0 Å². The Morgan fingerprint density at radius 2 is 1.61 bits per heavy atom. The summed E-state index contributed by atoms with van der Waals surface area (Å²) in [5.41, 5.74) is 2.23. The van der Waals surface area contributed by atoms with Gasteiger partial charge in [-0.3, -0.25) is 14.4 Å². The van der Waals surface area contributed by atoms with Crippen molar-refractivity contribution in [3.8, 4) is 0 Å². The molecule has 3 rings (SSSR count). The summed E-state index contributed by atoms with van der Waals surface area (Å²) in [5, 5.41) is 5.57. The van der Waals surface area contributed by atoms with Crippen LogP contribution in [0.2, 0.25) is 0 Å². The zero-order chi connectivity index (χ0) is 19.9. The second-order valence-electron chi connectivity index (χ2n) is 7.00. The molecule has 1 aliphatic rings. The van der Waals surface area contributed by atoms with Crippen LogP contribution in [0, 0.1) is 6.92 Å². The molecule has 1 fully saturated rings. The Morgan fingerprint density at radius 3 is 2.29 bits per heavy atom. The molecule has 2 aromatic carbocycles. The van der Waals surface area contributed by atoms with E-state index >= 15 is 0 Å². The van der Waals surface area contributed by atoms with Crippen molar-refractivity contribution in [2.24, 2.45) is 0 Å². The molecular formula is C22H25N3O3. The number of hydrogen-bond acceptors (Lipinski definition) is 3. The topological polar surface area (TPSA) is 78.5 Å². The molecule has 0 aliphatic carbocycles. The van der Waals surface area contributed by atoms with E-state index in [1.165, 1.54) is 0 Å². The highest BCUT2D eigenvalue weighted by molar-refractivity contribution is 5.96. The fourth-order valence-electron chi connectivity index (χ4n) is 3.34. The first-order valence-electron chi connectivity index (χ1n) is 9.52. The van der Waals surface area contributed by atoms with Crippen molar-refractivity contribution in [2.75, 3.05) is 19.6 Å². The van der Waals surface area contributed by atoms with Crippen molar-refractivity contribution in [3.63, 3.8) is 0 Å². The molecule has 0 spiro atoms. The minimum atomic E-state index is -0.269. The highest BCUT2D eigenvalue weighted by atomic mass is 16.2. The van der Waals surface area contributed by atoms with Crippen LogP contribution in [0.1, 0.15) is 39.1 Å². The molecule has 2 aromatic rings. The second-order valence-corrected chi connectivity index (χ2v) is 7.00. The van der Waals surface area contributed by atoms with Crippen LogP contribution in [0.4, 0.5) is 0 Å². The van der Waals surface area contributed by atoms with E-state index in [9.17, 15) is 14.4 Å². The second kappa shape index (κ2) is 9.17. The highest BCUT2D eigenvalue weighted by Gasteiger charge is 2.25. The van der Waals surface area contributed by atoms with Gasteiger partial charge in [0.2, 0.25) is 5.91 Å². The Morgan fingerprint density at radius 1 is 0.964 bits per heavy atom. The van der Waals surface area contributed by atoms with Gasteiger partial charge in [-0.2, -0.15) is 0 Å². The number of carbonyl (C=O) groups excluding carboxylic acids is 3. The van der Waals surface area contributed by atoms with Gasteiger partial charge in [-0.05, 0) is 43.5 Å². The zero-order valence-corrected chi connectivity index (χ0v) is 16.0. The standard InChI is InChI=1S/C22H25N3O3/c1-16-7-5-6-10-19(16)22(28)25-13-11-18(12-14-25)24-20(26)15-23-21(27)17-8-3-2-4-9-17/h2-10,18H,11-15H2,1H3,(H,23,27)(H,24,26). The molecule has 28 heavy (non-hydrogen) atoms. The van der Waals surface area contributed by atoms with E-state index in [2.05, 4.69) is 10.6 Å². The lowest BCUT2D eigenvalue weighted by molar-refractivity contribution is -0.121. The van der Waals surface area contributed by atoms with Crippen LogP contribution in [0.25, 0.3) is 0 Å². The normalized spacial score (nSPS) is 14.4. The SMILES string of the molecule is Cc1ccccc1C(=O)N1CCC(NC(=O)CNC(=O)c2ccccc2)CC1. The van der Waals surface area contributed by atoms with E-state index < -0.39 is 0 Å². The summed E-state index contributed by atoms with van der Waals surface area (Å²) in [7, 11) is 0. The molecule has 1 aliphatic heterocycles. The molecule has 6 heteroatoms. The maximum absolute atomic E-state index is 12.7. The number of nitrogens with one attached hydrogen (secondary N) is 2. The van der Waals surface area contributed by atoms with E-state index in [1.54, 1.807) is 24.3 Å². The summed E-state index contributed by atoms with van der Waals surface area (Å²) in [6.07, 6.45) is 1.41. The first-order chi connectivity index (χ1) is 13.5. The third-order valence-corrected chi connectivity index (χ3v) is 4.97. The lowest BCUT2D eigenvalue weighted by Crippen LogP contribution is -2.48. The van der Waals surface area contributed by atoms with Crippen molar-refractivity contribution in [1.29, 1.82) is 0 Å². The third kappa shape index (κ3) is 4.97. The molecule has 0 atom stereocenters. The molecule has 0 radical (unpaired) electrons. The van der Waals surface area contributed by atoms with E-state index in [-0.39, 0.29) is 30.3 Å². The third-order valence-electron chi connectivity index (χ3n) is 4.97. The first-order valence-corrected chi connectivity index (χ1v) is 9.52. The van der Waals surface area contributed by atoms with Gasteiger partial charge < -0.3 is 15.5 Å². The smallest absolute Gasteiger partial charge is 0.254 e. The van der Waals surface area contributed by atoms with Crippen LogP contribution in [-0.4, -0.2) is 48.3 Å². The average molecular weight is 379 g/mol. The maximum Gasteiger partial charge on any atom is 0.254 e. The molecule has 2 N–H and O–H groups in total. The fraction of sp³-hybridized carbons (Fsp3) is 0.318. The van der Waals surface area contributed by atoms with Gasteiger partial charge in [0.15, 0.2) is 0 Å². The summed E-state index contributed by atoms with van der Waals surface area (Å²) in [6.45, 7) is 3.09. The van der Waals surface area contributed by atoms with Gasteiger partial charge in [-0.25, -0.2) is 0 Å². The van der Waals surface area contributed by atoms with Crippen LogP contribution in [0.15, 0.2) is 54.6 Å². The number of aryl methyl sites for hydroxylation is 1. The Labute approximate surface area is 164 Å². The predicted octanol–water partition coefficient (Wildman–Crippen LogP) is 2.15. The van der Waals surface area contributed by atoms with Crippen molar-refractivity contribution in [1.82, 2.24) is 15.5 Å². The first kappa shape index (κ1) is 19.6. The summed E-state index contributed by atoms with van der Waals surface area (Å²) in [5.74, 6) is -0.444. The van der Waals surface area contributed by atoms with Crippen molar-refractivity contribution >= 4 is 17.7 Å². The molecule has 1 heterocycles. The minimum Gasteiger partial charge on any atom is -0.352 e. The van der Waals surface area contributed by atoms with Crippen LogP contribution in [-0.2, 0) is 4.79 Å². The van der Waals surface area contributed by atoms with Gasteiger partial charge in [0.25, 0.3) is 11.8 Å². The number of nitrogens with zero attached hydrogens (tertiary/aromatic N) is 1. The van der Waals surface area contributed by atoms with Gasteiger partial charge in [0, 0.05) is 30.3 Å². The van der Waals surface area contributed by atoms with Gasteiger partial charge in [0.05, 0.1) is 6.54 Å². The Balaban J connectivity index is 1.43. The van der Waals surface area contributed by atoms with E-state index in [0.717, 1.165) is 11.1 Å². The monoisotopic (exact) mass is 379 g/mol. The van der Waals surface area contributed by atoms with Crippen LogP contribution in [0.3, 0.4) is 0 Å². The fourth-order valence-corrected chi connectivity index (χ4v) is 3.34. The number of piperidine rings is 1. The zero-order valence-electron chi connectivity index (χ0n) is 16.0. The summed E-state index contributed by atoms with van der Waals surface area (Å²) >= 11 is 0. The number of carbonyl (C=O) groups is 3. The van der Waals surface area contributed by atoms with Crippen LogP contribution >= 0.6 is 0 Å². The molecule has 146 valence electrons. The van der Waals surface area contributed by atoms with Gasteiger partial charge in [-0.15, -0.1) is 0 Å². The number of rotatable bonds is 5. The molecule has 0 unspecified atom stereocenters. The Kier molecular flexibility index (Phi) is 6.42. The lowest BCUT2D eigenvalue weighted by Gasteiger charge is -2.32. The van der Waals surface area contributed by atoms with Crippen molar-refractivity contribution in [2.45, 2.75) is 25.8 Å². The molecule has 1 saturated heterocycles. The molecule has 0 aromatic heterocycles. The van der Waals surface area contributed by atoms with Crippen molar-refractivity contribution in [3.05, 3.63) is 71.3 Å². The van der Waals surface area contributed by atoms with E-state index in [4.69, 9.17) is 0 Å². The number of likely N-dealkylation sites (tertiary alicyclic amines) is 1. The van der Waals surface area contributed by atoms with Crippen LogP contribution < -0.4 is 10.6 Å². The summed E-state index contributed by atoms with van der Waals surface area (Å²) in [6, 6.07) is 16.4. The van der Waals surface area contributed by atoms with Gasteiger partial charge >= 0.3 is 0 Å². The Hall–Kier alpha value is -3.15. The molecule has 0 bridgehead atoms. The minimum absolute atomic E-state index is 0.0158. The van der Waals surface area contributed by atoms with E-state index in [1.807, 2.05) is 42.2 Å². The molecular weight excluding hydrogens is 354 g/mol. The largest absolute Gasteiger partial charge is 0.352 e. The summed E-state index contributed by atoms with van der Waals surface area (Å²) < 4.78 is 0. The highest BCUT2D eigenvalue weighted by Crippen LogP contribution is 2.16. The quantitative estimate of drug-likeness (QED) is 0.836. The number of amides is 3. The summed E-state index contributed by atoms with van der Waals surface area (Å²) in [4.78, 5) is 38.6. The van der Waals surface area contributed by atoms with Crippen LogP contribution in [0.5, 0.6) is 0 Å². The molecule has 6 nitrogen and oxygen atoms in total. The van der Waals surface area contributed by atoms with Gasteiger partial charge in [-0.1, -0.05) is 36.4 Å². The number of hydrogen-bond donors (Lipinski definition) is 2. The van der Waals surface area contributed by atoms with E-state index in [0.29, 0.717) is 31.5 Å². The Bertz CT molecular complexity index is 843. The predicted molar refractivity (Wildman–Crippen MR) is 107 cm³/mol. The molecule has 3 amide bonds. The van der Waals surface area contributed by atoms with Crippen molar-refractivity contribution < 1.29 is 14.4 Å². The molecule has 0 saturated carbocycles. The average Bonchev–Trinajstić information content (AvgIpc) is 2.73.